The number of carbonyl (C=O) groups is 1. The van der Waals surface area contributed by atoms with E-state index in [1.165, 1.54) is 4.57 Å². The van der Waals surface area contributed by atoms with E-state index in [1.807, 2.05) is 0 Å². The van der Waals surface area contributed by atoms with Crippen LogP contribution >= 0.6 is 0 Å². The number of benzene rings is 2. The number of carbonyl (C=O) groups excluding carboxylic acids is 1. The molecule has 0 aliphatic carbocycles. The van der Waals surface area contributed by atoms with Crippen molar-refractivity contribution >= 4 is 22.4 Å². The van der Waals surface area contributed by atoms with Crippen molar-refractivity contribution in [1.29, 1.82) is 0 Å². The molecule has 0 aliphatic heterocycles. The van der Waals surface area contributed by atoms with Gasteiger partial charge in [-0.05, 0) is 50.2 Å². The van der Waals surface area contributed by atoms with Crippen molar-refractivity contribution in [1.82, 2.24) is 4.57 Å². The third kappa shape index (κ3) is 4.80. The molecular formula is C23H26N2O5. The average Bonchev–Trinajstić information content (AvgIpc) is 2.69. The van der Waals surface area contributed by atoms with Crippen molar-refractivity contribution in [2.75, 3.05) is 19.5 Å². The SMILES string of the molecule is COc1ccc(OC)c(CC(=O)Nc2cccc3c(=O)n(CC(C)(C)O)ccc23)c1. The average molecular weight is 410 g/mol. The van der Waals surface area contributed by atoms with Crippen LogP contribution in [0.1, 0.15) is 19.4 Å². The fourth-order valence-electron chi connectivity index (χ4n) is 3.36. The lowest BCUT2D eigenvalue weighted by molar-refractivity contribution is -0.115. The Morgan fingerprint density at radius 2 is 1.87 bits per heavy atom. The zero-order valence-electron chi connectivity index (χ0n) is 17.6. The Kier molecular flexibility index (Phi) is 6.12. The summed E-state index contributed by atoms with van der Waals surface area (Å²) in [5.41, 5.74) is 0.00763. The minimum absolute atomic E-state index is 0.0898. The van der Waals surface area contributed by atoms with Gasteiger partial charge in [0, 0.05) is 28.2 Å². The van der Waals surface area contributed by atoms with Gasteiger partial charge in [-0.3, -0.25) is 9.59 Å². The fraction of sp³-hybridized carbons (Fsp3) is 0.304. The lowest BCUT2D eigenvalue weighted by Crippen LogP contribution is -2.32. The van der Waals surface area contributed by atoms with E-state index in [4.69, 9.17) is 9.47 Å². The van der Waals surface area contributed by atoms with Crippen LogP contribution in [-0.2, 0) is 17.8 Å². The van der Waals surface area contributed by atoms with Gasteiger partial charge in [-0.25, -0.2) is 0 Å². The van der Waals surface area contributed by atoms with Gasteiger partial charge in [0.15, 0.2) is 0 Å². The Balaban J connectivity index is 1.88. The molecule has 0 atom stereocenters. The smallest absolute Gasteiger partial charge is 0.258 e. The van der Waals surface area contributed by atoms with Crippen molar-refractivity contribution < 1.29 is 19.4 Å². The molecule has 0 bridgehead atoms. The van der Waals surface area contributed by atoms with Crippen molar-refractivity contribution in [3.8, 4) is 11.5 Å². The summed E-state index contributed by atoms with van der Waals surface area (Å²) in [5, 5.41) is 14.0. The molecule has 1 amide bonds. The quantitative estimate of drug-likeness (QED) is 0.625. The van der Waals surface area contributed by atoms with E-state index in [-0.39, 0.29) is 24.4 Å². The minimum atomic E-state index is -1.01. The number of aromatic nitrogens is 1. The van der Waals surface area contributed by atoms with E-state index in [2.05, 4.69) is 5.32 Å². The van der Waals surface area contributed by atoms with Gasteiger partial charge in [0.25, 0.3) is 5.56 Å². The highest BCUT2D eigenvalue weighted by Gasteiger charge is 2.16. The number of methoxy groups -OCH3 is 2. The third-order valence-corrected chi connectivity index (χ3v) is 4.69. The van der Waals surface area contributed by atoms with Gasteiger partial charge in [-0.2, -0.15) is 0 Å². The summed E-state index contributed by atoms with van der Waals surface area (Å²) in [6, 6.07) is 12.2. The summed E-state index contributed by atoms with van der Waals surface area (Å²) in [7, 11) is 3.11. The minimum Gasteiger partial charge on any atom is -0.497 e. The fourth-order valence-corrected chi connectivity index (χ4v) is 3.36. The van der Waals surface area contributed by atoms with Gasteiger partial charge in [-0.15, -0.1) is 0 Å². The Morgan fingerprint density at radius 3 is 2.53 bits per heavy atom. The van der Waals surface area contributed by atoms with Crippen molar-refractivity contribution in [3.63, 3.8) is 0 Å². The van der Waals surface area contributed by atoms with Crippen LogP contribution in [0.25, 0.3) is 10.8 Å². The van der Waals surface area contributed by atoms with Gasteiger partial charge >= 0.3 is 0 Å². The number of fused-ring (bicyclic) bond motifs is 1. The summed E-state index contributed by atoms with van der Waals surface area (Å²) in [4.78, 5) is 25.5. The normalized spacial score (nSPS) is 11.4. The molecular weight excluding hydrogens is 384 g/mol. The Morgan fingerprint density at radius 1 is 1.10 bits per heavy atom. The van der Waals surface area contributed by atoms with E-state index < -0.39 is 5.60 Å². The van der Waals surface area contributed by atoms with E-state index in [9.17, 15) is 14.7 Å². The second-order valence-corrected chi connectivity index (χ2v) is 7.73. The van der Waals surface area contributed by atoms with Crippen molar-refractivity contribution in [2.45, 2.75) is 32.4 Å². The lowest BCUT2D eigenvalue weighted by atomic mass is 10.1. The first-order chi connectivity index (χ1) is 14.2. The number of amides is 1. The first-order valence-corrected chi connectivity index (χ1v) is 9.57. The van der Waals surface area contributed by atoms with Gasteiger partial charge in [0.1, 0.15) is 11.5 Å². The van der Waals surface area contributed by atoms with Gasteiger partial charge < -0.3 is 24.5 Å². The molecule has 0 spiro atoms. The molecule has 0 fully saturated rings. The number of rotatable bonds is 7. The first kappa shape index (κ1) is 21.4. The maximum Gasteiger partial charge on any atom is 0.258 e. The number of hydrogen-bond donors (Lipinski definition) is 2. The predicted octanol–water partition coefficient (Wildman–Crippen LogP) is 2.97. The summed E-state index contributed by atoms with van der Waals surface area (Å²) in [6.45, 7) is 3.47. The van der Waals surface area contributed by atoms with Crippen LogP contribution in [0.4, 0.5) is 5.69 Å². The van der Waals surface area contributed by atoms with Crippen LogP contribution in [0.2, 0.25) is 0 Å². The highest BCUT2D eigenvalue weighted by Crippen LogP contribution is 2.26. The number of hydrogen-bond acceptors (Lipinski definition) is 5. The summed E-state index contributed by atoms with van der Waals surface area (Å²) < 4.78 is 12.0. The van der Waals surface area contributed by atoms with Gasteiger partial charge in [0.2, 0.25) is 5.91 Å². The molecule has 7 nitrogen and oxygen atoms in total. The maximum atomic E-state index is 12.8. The molecule has 0 saturated carbocycles. The second kappa shape index (κ2) is 8.59. The monoisotopic (exact) mass is 410 g/mol. The summed E-state index contributed by atoms with van der Waals surface area (Å²) in [5.74, 6) is 0.990. The van der Waals surface area contributed by atoms with Crippen LogP contribution < -0.4 is 20.3 Å². The molecule has 30 heavy (non-hydrogen) atoms. The molecule has 1 aromatic heterocycles. The molecule has 3 aromatic rings. The van der Waals surface area contributed by atoms with Crippen molar-refractivity contribution in [2.24, 2.45) is 0 Å². The Labute approximate surface area is 174 Å². The first-order valence-electron chi connectivity index (χ1n) is 9.57. The van der Waals surface area contributed by atoms with E-state index in [0.29, 0.717) is 33.5 Å². The molecule has 7 heteroatoms. The number of ether oxygens (including phenoxy) is 2. The second-order valence-electron chi connectivity index (χ2n) is 7.73. The largest absolute Gasteiger partial charge is 0.497 e. The van der Waals surface area contributed by atoms with Crippen LogP contribution in [0.5, 0.6) is 11.5 Å². The van der Waals surface area contributed by atoms with Crippen molar-refractivity contribution in [3.05, 3.63) is 64.6 Å². The number of nitrogens with zero attached hydrogens (tertiary/aromatic N) is 1. The molecule has 0 unspecified atom stereocenters. The third-order valence-electron chi connectivity index (χ3n) is 4.69. The summed E-state index contributed by atoms with van der Waals surface area (Å²) >= 11 is 0. The molecule has 2 aromatic carbocycles. The van der Waals surface area contributed by atoms with Crippen LogP contribution in [-0.4, -0.2) is 35.4 Å². The zero-order valence-corrected chi connectivity index (χ0v) is 17.6. The topological polar surface area (TPSA) is 89.8 Å². The molecule has 2 N–H and O–H groups in total. The van der Waals surface area contributed by atoms with Gasteiger partial charge in [0.05, 0.1) is 32.8 Å². The number of nitrogens with one attached hydrogen (secondary N) is 1. The van der Waals surface area contributed by atoms with Crippen LogP contribution in [0, 0.1) is 0 Å². The molecule has 0 saturated heterocycles. The van der Waals surface area contributed by atoms with E-state index >= 15 is 0 Å². The predicted molar refractivity (Wildman–Crippen MR) is 116 cm³/mol. The Hall–Kier alpha value is -3.32. The summed E-state index contributed by atoms with van der Waals surface area (Å²) in [6.07, 6.45) is 1.72. The molecule has 158 valence electrons. The zero-order chi connectivity index (χ0) is 21.9. The molecule has 0 aliphatic rings. The molecule has 0 radical (unpaired) electrons. The highest BCUT2D eigenvalue weighted by atomic mass is 16.5. The molecule has 3 rings (SSSR count). The van der Waals surface area contributed by atoms with E-state index in [1.54, 1.807) is 76.7 Å². The lowest BCUT2D eigenvalue weighted by Gasteiger charge is -2.19. The van der Waals surface area contributed by atoms with Crippen LogP contribution in [0.3, 0.4) is 0 Å². The highest BCUT2D eigenvalue weighted by molar-refractivity contribution is 6.02. The number of anilines is 1. The standard InChI is InChI=1S/C23H26N2O5/c1-23(2,28)14-25-11-10-17-18(22(25)27)6-5-7-19(17)24-21(26)13-15-12-16(29-3)8-9-20(15)30-4/h5-12,28H,13-14H2,1-4H3,(H,24,26). The van der Waals surface area contributed by atoms with Gasteiger partial charge in [-0.1, -0.05) is 6.07 Å². The Bertz CT molecular complexity index is 1130. The molecule has 1 heterocycles. The van der Waals surface area contributed by atoms with Crippen LogP contribution in [0.15, 0.2) is 53.5 Å². The maximum absolute atomic E-state index is 12.8. The number of pyridine rings is 1. The van der Waals surface area contributed by atoms with E-state index in [0.717, 1.165) is 0 Å². The number of aliphatic hydroxyl groups is 1.